The summed E-state index contributed by atoms with van der Waals surface area (Å²) >= 11 is 0. The third-order valence-electron chi connectivity index (χ3n) is 14.0. The molecular formula is C68H90N2O22. The van der Waals surface area contributed by atoms with Crippen molar-refractivity contribution in [3.63, 3.8) is 0 Å². The van der Waals surface area contributed by atoms with Crippen LogP contribution in [0, 0.1) is 0 Å². The van der Waals surface area contributed by atoms with Gasteiger partial charge in [0.25, 0.3) is 0 Å². The first-order valence-corrected chi connectivity index (χ1v) is 31.4. The minimum Gasteiger partial charge on any atom is -0.491 e. The van der Waals surface area contributed by atoms with Crippen molar-refractivity contribution in [3.8, 4) is 39.5 Å². The number of alkyl carbamates (subject to hydrolysis) is 2. The summed E-state index contributed by atoms with van der Waals surface area (Å²) in [5, 5.41) is 14.1. The Morgan fingerprint density at radius 3 is 0.793 bits per heavy atom. The second-order valence-electron chi connectivity index (χ2n) is 20.5. The summed E-state index contributed by atoms with van der Waals surface area (Å²) in [7, 11) is 0. The van der Waals surface area contributed by atoms with Gasteiger partial charge in [-0.2, -0.15) is 0 Å². The number of benzene rings is 5. The van der Waals surface area contributed by atoms with Gasteiger partial charge in [-0.25, -0.2) is 14.4 Å². The van der Waals surface area contributed by atoms with E-state index in [4.69, 9.17) is 90.4 Å². The van der Waals surface area contributed by atoms with Crippen molar-refractivity contribution in [2.24, 2.45) is 0 Å². The molecule has 24 heteroatoms. The molecule has 0 saturated heterocycles. The van der Waals surface area contributed by atoms with Crippen LogP contribution in [0.3, 0.4) is 0 Å². The van der Waals surface area contributed by atoms with E-state index in [9.17, 15) is 14.4 Å². The molecule has 5 aromatic carbocycles. The van der Waals surface area contributed by atoms with Crippen molar-refractivity contribution in [1.82, 2.24) is 10.6 Å². The van der Waals surface area contributed by atoms with E-state index in [-0.39, 0.29) is 64.7 Å². The molecule has 504 valence electrons. The lowest BCUT2D eigenvalue weighted by Crippen LogP contribution is -2.29. The molecule has 2 amide bonds. The molecule has 24 nitrogen and oxygen atoms in total. The Hall–Kier alpha value is -7.01. The maximum atomic E-state index is 12.4. The van der Waals surface area contributed by atoms with Gasteiger partial charge in [0.1, 0.15) is 56.9 Å². The van der Waals surface area contributed by atoms with Gasteiger partial charge in [0.2, 0.25) is 0 Å². The zero-order valence-corrected chi connectivity index (χ0v) is 52.5. The second kappa shape index (κ2) is 45.3. The van der Waals surface area contributed by atoms with Crippen LogP contribution in [0.5, 0.6) is 17.2 Å². The van der Waals surface area contributed by atoms with E-state index < -0.39 is 18.2 Å². The Labute approximate surface area is 538 Å². The Kier molecular flexibility index (Phi) is 35.7. The van der Waals surface area contributed by atoms with E-state index in [0.717, 1.165) is 0 Å². The van der Waals surface area contributed by atoms with E-state index in [1.54, 1.807) is 18.2 Å². The normalized spacial score (nSPS) is 12.3. The fraction of sp³-hybridized carbons (Fsp3) is 0.515. The fourth-order valence-corrected chi connectivity index (χ4v) is 9.76. The lowest BCUT2D eigenvalue weighted by Gasteiger charge is -2.14. The molecular weight excluding hydrogens is 1200 g/mol. The molecule has 0 saturated carbocycles. The highest BCUT2D eigenvalue weighted by molar-refractivity contribution is 5.80. The number of hydrogen-bond donors (Lipinski definition) is 3. The number of hydrogen-bond acceptors (Lipinski definition) is 21. The smallest absolute Gasteiger partial charge is 0.407 e. The van der Waals surface area contributed by atoms with E-state index >= 15 is 0 Å². The van der Waals surface area contributed by atoms with Crippen LogP contribution < -0.4 is 24.8 Å². The van der Waals surface area contributed by atoms with Crippen LogP contribution in [0.1, 0.15) is 34.1 Å². The fourth-order valence-electron chi connectivity index (χ4n) is 9.76. The van der Waals surface area contributed by atoms with Gasteiger partial charge in [-0.3, -0.25) is 0 Å². The van der Waals surface area contributed by atoms with Gasteiger partial charge in [0.15, 0.2) is 0 Å². The van der Waals surface area contributed by atoms with E-state index in [1.807, 2.05) is 48.5 Å². The van der Waals surface area contributed by atoms with Crippen LogP contribution in [0.25, 0.3) is 22.3 Å². The standard InChI is InChI=1S/C68H90N2O22/c71-66(72)52-87-40-39-83-32-31-79-29-30-82-35-38-86-43-46-90-55-48-53(88-44-41-84-36-33-80-27-25-77-23-21-75-19-17-69-67(73)91-50-64-60-13-5-1-9-56(60)57-10-2-6-14-61(57)64)47-54(49-55)89-45-42-85-37-34-81-28-26-78-24-22-76-20-18-70-68(74)92-51-65-62-15-7-3-11-58(62)59-12-4-8-16-63(59)65/h1-16,47-49,64-65H,17-46,50-52H2,(H,69,73)(H,70,74)(H,71,72). The van der Waals surface area contributed by atoms with Gasteiger partial charge in [-0.1, -0.05) is 97.1 Å². The van der Waals surface area contributed by atoms with Gasteiger partial charge in [0.05, 0.1) is 165 Å². The minimum atomic E-state index is -1.02. The monoisotopic (exact) mass is 1290 g/mol. The molecule has 0 fully saturated rings. The molecule has 2 aliphatic rings. The van der Waals surface area contributed by atoms with Crippen LogP contribution in [-0.2, 0) is 75.8 Å². The highest BCUT2D eigenvalue weighted by Crippen LogP contribution is 2.45. The number of nitrogens with one attached hydrogen (secondary N) is 2. The van der Waals surface area contributed by atoms with Crippen molar-refractivity contribution in [3.05, 3.63) is 138 Å². The van der Waals surface area contributed by atoms with E-state index in [2.05, 4.69) is 59.2 Å². The van der Waals surface area contributed by atoms with Crippen LogP contribution >= 0.6 is 0 Å². The second-order valence-corrected chi connectivity index (χ2v) is 20.5. The Balaban J connectivity index is 0.666. The highest BCUT2D eigenvalue weighted by Gasteiger charge is 2.30. The molecule has 0 aromatic heterocycles. The third kappa shape index (κ3) is 28.1. The van der Waals surface area contributed by atoms with Gasteiger partial charge >= 0.3 is 18.2 Å². The predicted molar refractivity (Wildman–Crippen MR) is 337 cm³/mol. The summed E-state index contributed by atoms with van der Waals surface area (Å²) in [6, 6.07) is 38.2. The topological polar surface area (TPSA) is 262 Å². The molecule has 3 N–H and O–H groups in total. The van der Waals surface area contributed by atoms with Crippen LogP contribution in [-0.4, -0.2) is 241 Å². The van der Waals surface area contributed by atoms with Gasteiger partial charge in [-0.15, -0.1) is 0 Å². The van der Waals surface area contributed by atoms with Crippen molar-refractivity contribution >= 4 is 18.2 Å². The molecule has 0 aliphatic heterocycles. The predicted octanol–water partition coefficient (Wildman–Crippen LogP) is 7.20. The van der Waals surface area contributed by atoms with Crippen molar-refractivity contribution < 1.29 is 105 Å². The molecule has 0 bridgehead atoms. The summed E-state index contributed by atoms with van der Waals surface area (Å²) in [6.07, 6.45) is -0.957. The summed E-state index contributed by atoms with van der Waals surface area (Å²) in [4.78, 5) is 35.3. The molecule has 0 spiro atoms. The van der Waals surface area contributed by atoms with Crippen LogP contribution in [0.4, 0.5) is 9.59 Å². The van der Waals surface area contributed by atoms with Crippen molar-refractivity contribution in [2.45, 2.75) is 11.8 Å². The summed E-state index contributed by atoms with van der Waals surface area (Å²) in [5.74, 6) is 0.584. The molecule has 0 heterocycles. The van der Waals surface area contributed by atoms with Gasteiger partial charge in [-0.05, 0) is 44.5 Å². The SMILES string of the molecule is O=C(O)COCCOCCOCCOCCOCCOc1cc(OCCOCCOCCOCCOCCNC(=O)OCC2c3ccccc3-c3ccccc32)cc(OCCOCCOCCOCCOCCNC(=O)OCC2c3ccccc3-c3ccccc32)c1. The number of fused-ring (bicyclic) bond motifs is 6. The quantitative estimate of drug-likeness (QED) is 0.0325. The highest BCUT2D eigenvalue weighted by atomic mass is 16.6. The molecule has 5 aromatic rings. The first-order chi connectivity index (χ1) is 45.4. The lowest BCUT2D eigenvalue weighted by atomic mass is 9.98. The number of carbonyl (C=O) groups excluding carboxylic acids is 2. The molecule has 2 aliphatic carbocycles. The van der Waals surface area contributed by atoms with E-state index in [0.29, 0.717) is 182 Å². The molecule has 0 radical (unpaired) electrons. The molecule has 7 rings (SSSR count). The molecule has 92 heavy (non-hydrogen) atoms. The molecule has 0 atom stereocenters. The number of rotatable bonds is 54. The lowest BCUT2D eigenvalue weighted by molar-refractivity contribution is -0.142. The maximum Gasteiger partial charge on any atom is 0.407 e. The maximum absolute atomic E-state index is 12.4. The Morgan fingerprint density at radius 2 is 0.533 bits per heavy atom. The first-order valence-electron chi connectivity index (χ1n) is 31.4. The number of aliphatic carboxylic acids is 1. The largest absolute Gasteiger partial charge is 0.491 e. The number of ether oxygens (including phenoxy) is 18. The number of carboxylic acids is 1. The van der Waals surface area contributed by atoms with Crippen LogP contribution in [0.15, 0.2) is 115 Å². The minimum absolute atomic E-state index is 0.00428. The first kappa shape index (κ1) is 72.4. The average molecular weight is 1290 g/mol. The number of carbonyl (C=O) groups is 3. The average Bonchev–Trinajstić information content (AvgIpc) is 1.70. The van der Waals surface area contributed by atoms with Crippen LogP contribution in [0.2, 0.25) is 0 Å². The zero-order valence-electron chi connectivity index (χ0n) is 52.5. The zero-order chi connectivity index (χ0) is 64.1. The van der Waals surface area contributed by atoms with Crippen molar-refractivity contribution in [2.75, 3.05) is 218 Å². The summed E-state index contributed by atoms with van der Waals surface area (Å²) < 4.78 is 101. The van der Waals surface area contributed by atoms with Crippen molar-refractivity contribution in [1.29, 1.82) is 0 Å². The summed E-state index contributed by atoms with van der Waals surface area (Å²) in [5.41, 5.74) is 9.39. The Morgan fingerprint density at radius 1 is 0.304 bits per heavy atom. The third-order valence-corrected chi connectivity index (χ3v) is 14.0. The Bertz CT molecular complexity index is 2590. The van der Waals surface area contributed by atoms with Gasteiger partial charge in [0, 0.05) is 43.1 Å². The summed E-state index contributed by atoms with van der Waals surface area (Å²) in [6.45, 7) is 10.6. The van der Waals surface area contributed by atoms with Gasteiger partial charge < -0.3 is 101 Å². The van der Waals surface area contributed by atoms with E-state index in [1.165, 1.54) is 44.5 Å². The molecule has 0 unspecified atom stereocenters. The number of carboxylic acid groups (broad SMARTS) is 1. The number of amides is 2.